The van der Waals surface area contributed by atoms with Crippen LogP contribution in [0.25, 0.3) is 0 Å². The van der Waals surface area contributed by atoms with Gasteiger partial charge in [0, 0.05) is 26.3 Å². The SMILES string of the molecule is CCCn1nccc1C(=O)N(C)Cc1nncn1CC. The molecule has 2 heterocycles. The summed E-state index contributed by atoms with van der Waals surface area (Å²) in [5.74, 6) is 0.728. The Morgan fingerprint density at radius 1 is 1.40 bits per heavy atom. The molecule has 108 valence electrons. The molecule has 1 amide bonds. The monoisotopic (exact) mass is 276 g/mol. The van der Waals surface area contributed by atoms with Gasteiger partial charge < -0.3 is 9.47 Å². The number of rotatable bonds is 6. The molecular weight excluding hydrogens is 256 g/mol. The first-order valence-electron chi connectivity index (χ1n) is 6.81. The summed E-state index contributed by atoms with van der Waals surface area (Å²) in [4.78, 5) is 14.1. The molecule has 7 nitrogen and oxygen atoms in total. The van der Waals surface area contributed by atoms with Crippen molar-refractivity contribution < 1.29 is 4.79 Å². The van der Waals surface area contributed by atoms with Crippen LogP contribution in [0.1, 0.15) is 36.6 Å². The van der Waals surface area contributed by atoms with Crippen LogP contribution in [0.3, 0.4) is 0 Å². The van der Waals surface area contributed by atoms with E-state index in [0.29, 0.717) is 12.2 Å². The Morgan fingerprint density at radius 3 is 2.90 bits per heavy atom. The number of amides is 1. The van der Waals surface area contributed by atoms with Gasteiger partial charge in [-0.15, -0.1) is 10.2 Å². The van der Waals surface area contributed by atoms with Gasteiger partial charge in [0.05, 0.1) is 6.54 Å². The lowest BCUT2D eigenvalue weighted by atomic mass is 10.3. The highest BCUT2D eigenvalue weighted by atomic mass is 16.2. The predicted octanol–water partition coefficient (Wildman–Crippen LogP) is 1.18. The number of hydrogen-bond acceptors (Lipinski definition) is 4. The third-order valence-electron chi connectivity index (χ3n) is 3.13. The number of aromatic nitrogens is 5. The first-order valence-corrected chi connectivity index (χ1v) is 6.81. The lowest BCUT2D eigenvalue weighted by Crippen LogP contribution is -2.29. The van der Waals surface area contributed by atoms with Crippen molar-refractivity contribution in [2.45, 2.75) is 39.9 Å². The van der Waals surface area contributed by atoms with Gasteiger partial charge in [0.15, 0.2) is 5.82 Å². The van der Waals surface area contributed by atoms with E-state index in [-0.39, 0.29) is 5.91 Å². The molecule has 0 unspecified atom stereocenters. The van der Waals surface area contributed by atoms with Crippen LogP contribution < -0.4 is 0 Å². The molecule has 2 rings (SSSR count). The van der Waals surface area contributed by atoms with Gasteiger partial charge in [-0.2, -0.15) is 5.10 Å². The molecule has 7 heteroatoms. The maximum Gasteiger partial charge on any atom is 0.272 e. The first-order chi connectivity index (χ1) is 9.67. The lowest BCUT2D eigenvalue weighted by Gasteiger charge is -2.17. The van der Waals surface area contributed by atoms with Gasteiger partial charge >= 0.3 is 0 Å². The molecule has 0 aliphatic rings. The minimum atomic E-state index is -0.0541. The summed E-state index contributed by atoms with van der Waals surface area (Å²) in [6.45, 7) is 6.05. The molecule has 0 aliphatic heterocycles. The predicted molar refractivity (Wildman–Crippen MR) is 74.0 cm³/mol. The summed E-state index contributed by atoms with van der Waals surface area (Å²) in [7, 11) is 1.76. The fourth-order valence-corrected chi connectivity index (χ4v) is 2.05. The largest absolute Gasteiger partial charge is 0.333 e. The minimum absolute atomic E-state index is 0.0541. The van der Waals surface area contributed by atoms with Gasteiger partial charge in [-0.1, -0.05) is 6.92 Å². The van der Waals surface area contributed by atoms with E-state index in [1.165, 1.54) is 0 Å². The van der Waals surface area contributed by atoms with E-state index in [4.69, 9.17) is 0 Å². The van der Waals surface area contributed by atoms with Crippen LogP contribution in [-0.4, -0.2) is 42.4 Å². The zero-order valence-corrected chi connectivity index (χ0v) is 12.2. The Kier molecular flexibility index (Phi) is 4.49. The minimum Gasteiger partial charge on any atom is -0.333 e. The van der Waals surface area contributed by atoms with Gasteiger partial charge in [-0.05, 0) is 19.4 Å². The summed E-state index contributed by atoms with van der Waals surface area (Å²) < 4.78 is 3.66. The molecule has 0 bridgehead atoms. The molecule has 2 aromatic rings. The Morgan fingerprint density at radius 2 is 2.20 bits per heavy atom. The highest BCUT2D eigenvalue weighted by molar-refractivity contribution is 5.92. The van der Waals surface area contributed by atoms with Crippen LogP contribution in [-0.2, 0) is 19.6 Å². The maximum absolute atomic E-state index is 12.4. The molecule has 0 saturated heterocycles. The van der Waals surface area contributed by atoms with Gasteiger partial charge in [-0.25, -0.2) is 0 Å². The zero-order chi connectivity index (χ0) is 14.5. The van der Waals surface area contributed by atoms with Crippen molar-refractivity contribution >= 4 is 5.91 Å². The van der Waals surface area contributed by atoms with E-state index in [0.717, 1.165) is 25.3 Å². The van der Waals surface area contributed by atoms with Crippen LogP contribution in [0.5, 0.6) is 0 Å². The van der Waals surface area contributed by atoms with E-state index in [2.05, 4.69) is 22.2 Å². The van der Waals surface area contributed by atoms with Gasteiger partial charge in [-0.3, -0.25) is 9.48 Å². The van der Waals surface area contributed by atoms with Crippen LogP contribution in [0.4, 0.5) is 0 Å². The second-order valence-electron chi connectivity index (χ2n) is 4.63. The molecular formula is C13H20N6O. The molecule has 0 aliphatic carbocycles. The van der Waals surface area contributed by atoms with E-state index in [1.807, 2.05) is 11.5 Å². The van der Waals surface area contributed by atoms with Crippen LogP contribution >= 0.6 is 0 Å². The molecule has 0 fully saturated rings. The van der Waals surface area contributed by atoms with E-state index in [9.17, 15) is 4.79 Å². The fourth-order valence-electron chi connectivity index (χ4n) is 2.05. The van der Waals surface area contributed by atoms with E-state index < -0.39 is 0 Å². The highest BCUT2D eigenvalue weighted by Crippen LogP contribution is 2.07. The first kappa shape index (κ1) is 14.2. The topological polar surface area (TPSA) is 68.8 Å². The van der Waals surface area contributed by atoms with Crippen molar-refractivity contribution in [1.29, 1.82) is 0 Å². The third-order valence-corrected chi connectivity index (χ3v) is 3.13. The maximum atomic E-state index is 12.4. The van der Waals surface area contributed by atoms with Crippen molar-refractivity contribution in [3.8, 4) is 0 Å². The molecule has 0 radical (unpaired) electrons. The zero-order valence-electron chi connectivity index (χ0n) is 12.2. The summed E-state index contributed by atoms with van der Waals surface area (Å²) in [6.07, 6.45) is 4.27. The second kappa shape index (κ2) is 6.31. The molecule has 0 atom stereocenters. The Labute approximate surface area is 118 Å². The van der Waals surface area contributed by atoms with Crippen LogP contribution in [0.2, 0.25) is 0 Å². The molecule has 0 saturated carbocycles. The van der Waals surface area contributed by atoms with E-state index in [1.54, 1.807) is 35.2 Å². The highest BCUT2D eigenvalue weighted by Gasteiger charge is 2.18. The smallest absolute Gasteiger partial charge is 0.272 e. The average molecular weight is 276 g/mol. The summed E-state index contributed by atoms with van der Waals surface area (Å²) in [5.41, 5.74) is 0.608. The van der Waals surface area contributed by atoms with Gasteiger partial charge in [0.25, 0.3) is 5.91 Å². The van der Waals surface area contributed by atoms with Crippen molar-refractivity contribution in [3.63, 3.8) is 0 Å². The van der Waals surface area contributed by atoms with Crippen molar-refractivity contribution in [2.75, 3.05) is 7.05 Å². The number of nitrogens with zero attached hydrogens (tertiary/aromatic N) is 6. The summed E-state index contributed by atoms with van der Waals surface area (Å²) in [5, 5.41) is 12.1. The molecule has 20 heavy (non-hydrogen) atoms. The van der Waals surface area contributed by atoms with Crippen molar-refractivity contribution in [1.82, 2.24) is 29.4 Å². The Bertz CT molecular complexity index is 573. The number of hydrogen-bond donors (Lipinski definition) is 0. The van der Waals surface area contributed by atoms with Gasteiger partial charge in [0.2, 0.25) is 0 Å². The standard InChI is InChI=1S/C13H20N6O/c1-4-8-19-11(6-7-15-19)13(20)17(3)9-12-16-14-10-18(12)5-2/h6-7,10H,4-5,8-9H2,1-3H3. The summed E-state index contributed by atoms with van der Waals surface area (Å²) in [6, 6.07) is 1.75. The van der Waals surface area contributed by atoms with E-state index >= 15 is 0 Å². The lowest BCUT2D eigenvalue weighted by molar-refractivity contribution is 0.0767. The van der Waals surface area contributed by atoms with Crippen molar-refractivity contribution in [2.24, 2.45) is 0 Å². The van der Waals surface area contributed by atoms with Crippen molar-refractivity contribution in [3.05, 3.63) is 30.1 Å². The molecule has 0 N–H and O–H groups in total. The van der Waals surface area contributed by atoms with Crippen LogP contribution in [0, 0.1) is 0 Å². The normalized spacial score (nSPS) is 10.8. The third kappa shape index (κ3) is 2.87. The molecule has 2 aromatic heterocycles. The molecule has 0 aromatic carbocycles. The van der Waals surface area contributed by atoms with Gasteiger partial charge in [0.1, 0.15) is 12.0 Å². The fraction of sp³-hybridized carbons (Fsp3) is 0.538. The number of carbonyl (C=O) groups is 1. The van der Waals surface area contributed by atoms with Crippen LogP contribution in [0.15, 0.2) is 18.6 Å². The molecule has 0 spiro atoms. The number of carbonyl (C=O) groups excluding carboxylic acids is 1. The average Bonchev–Trinajstić information content (AvgIpc) is 3.07. The summed E-state index contributed by atoms with van der Waals surface area (Å²) >= 11 is 0. The number of aryl methyl sites for hydroxylation is 2. The Hall–Kier alpha value is -2.18. The Balaban J connectivity index is 2.10. The quantitative estimate of drug-likeness (QED) is 0.794. The second-order valence-corrected chi connectivity index (χ2v) is 4.63.